The van der Waals surface area contributed by atoms with Gasteiger partial charge in [-0.25, -0.2) is 19.6 Å². The quantitative estimate of drug-likeness (QED) is 0.250. The van der Waals surface area contributed by atoms with Crippen molar-refractivity contribution in [2.24, 2.45) is 0 Å². The summed E-state index contributed by atoms with van der Waals surface area (Å²) in [5, 5.41) is 0. The maximum absolute atomic E-state index is 13.4. The first-order valence-electron chi connectivity index (χ1n) is 14.3. The van der Waals surface area contributed by atoms with Crippen molar-refractivity contribution in [2.75, 3.05) is 7.11 Å². The topological polar surface area (TPSA) is 144 Å². The lowest BCUT2D eigenvalue weighted by atomic mass is 9.85. The van der Waals surface area contributed by atoms with E-state index >= 15 is 0 Å². The van der Waals surface area contributed by atoms with E-state index in [4.69, 9.17) is 19.4 Å². The fraction of sp³-hybridized carbons (Fsp3) is 0.333. The van der Waals surface area contributed by atoms with Gasteiger partial charge in [-0.1, -0.05) is 13.8 Å². The van der Waals surface area contributed by atoms with Crippen LogP contribution in [0.1, 0.15) is 119 Å². The smallest absolute Gasteiger partial charge is 0.349 e. The monoisotopic (exact) mass is 580 g/mol. The number of fused-ring (bicyclic) bond motifs is 8. The molecule has 2 aromatic heterocycles. The molecule has 43 heavy (non-hydrogen) atoms. The summed E-state index contributed by atoms with van der Waals surface area (Å²) in [6.07, 6.45) is 2.04. The van der Waals surface area contributed by atoms with E-state index in [9.17, 15) is 19.2 Å². The maximum Gasteiger partial charge on any atom is 0.349 e. The van der Waals surface area contributed by atoms with Gasteiger partial charge >= 0.3 is 17.9 Å². The van der Waals surface area contributed by atoms with E-state index in [1.807, 2.05) is 52.8 Å². The van der Waals surface area contributed by atoms with Gasteiger partial charge in [0.2, 0.25) is 0 Å². The van der Waals surface area contributed by atoms with Crippen molar-refractivity contribution in [1.82, 2.24) is 19.9 Å². The van der Waals surface area contributed by atoms with Gasteiger partial charge in [-0.15, -0.1) is 0 Å². The molecular formula is C33H32N4O6. The number of aromatic nitrogens is 4. The van der Waals surface area contributed by atoms with Crippen molar-refractivity contribution in [2.45, 2.75) is 65.7 Å². The second-order valence-corrected chi connectivity index (χ2v) is 11.3. The lowest BCUT2D eigenvalue weighted by Gasteiger charge is -2.19. The van der Waals surface area contributed by atoms with Crippen LogP contribution >= 0.6 is 0 Å². The predicted octanol–water partition coefficient (Wildman–Crippen LogP) is 5.97. The van der Waals surface area contributed by atoms with Crippen LogP contribution in [0.5, 0.6) is 0 Å². The van der Waals surface area contributed by atoms with Crippen molar-refractivity contribution < 1.29 is 28.7 Å². The van der Waals surface area contributed by atoms with Gasteiger partial charge in [-0.2, -0.15) is 0 Å². The Bertz CT molecular complexity index is 1910. The summed E-state index contributed by atoms with van der Waals surface area (Å²) >= 11 is 0. The summed E-state index contributed by atoms with van der Waals surface area (Å²) in [4.78, 5) is 67.4. The molecule has 10 heteroatoms. The molecule has 220 valence electrons. The highest BCUT2D eigenvalue weighted by Gasteiger charge is 2.38. The largest absolute Gasteiger partial charge is 0.469 e. The summed E-state index contributed by atoms with van der Waals surface area (Å²) in [7, 11) is 1.34. The van der Waals surface area contributed by atoms with Crippen LogP contribution in [0.3, 0.4) is 0 Å². The zero-order valence-corrected chi connectivity index (χ0v) is 24.9. The molecule has 0 aliphatic carbocycles. The van der Waals surface area contributed by atoms with Crippen LogP contribution < -0.4 is 0 Å². The van der Waals surface area contributed by atoms with Crippen LogP contribution in [-0.4, -0.2) is 51.2 Å². The van der Waals surface area contributed by atoms with Crippen molar-refractivity contribution >= 4 is 57.5 Å². The number of carbonyl (C=O) groups is 4. The Morgan fingerprint density at radius 2 is 1.67 bits per heavy atom. The van der Waals surface area contributed by atoms with Crippen molar-refractivity contribution in [3.63, 3.8) is 0 Å². The number of rotatable bonds is 5. The molecule has 0 saturated carbocycles. The van der Waals surface area contributed by atoms with E-state index in [0.717, 1.165) is 34.4 Å². The molecule has 0 amide bonds. The molecule has 4 aliphatic heterocycles. The number of cyclic esters (lactones) is 2. The number of esters is 3. The molecule has 0 unspecified atom stereocenters. The molecule has 0 radical (unpaired) electrons. The van der Waals surface area contributed by atoms with Gasteiger partial charge in [-0.3, -0.25) is 9.59 Å². The number of H-pyrrole nitrogens is 2. The molecule has 4 aliphatic rings. The number of carbonyl (C=O) groups excluding carboxylic acids is 4. The minimum atomic E-state index is -0.771. The number of methoxy groups -OCH3 is 1. The van der Waals surface area contributed by atoms with Gasteiger partial charge in [0.05, 0.1) is 41.0 Å². The molecule has 10 nitrogen and oxygen atoms in total. The average Bonchev–Trinajstić information content (AvgIpc) is 3.65. The lowest BCUT2D eigenvalue weighted by molar-refractivity contribution is -0.140. The number of hydrogen-bond acceptors (Lipinski definition) is 8. The predicted molar refractivity (Wildman–Crippen MR) is 161 cm³/mol. The van der Waals surface area contributed by atoms with Crippen LogP contribution in [0.15, 0.2) is 18.2 Å². The highest BCUT2D eigenvalue weighted by Crippen LogP contribution is 2.44. The molecule has 2 atom stereocenters. The minimum Gasteiger partial charge on any atom is -0.469 e. The standard InChI is InChI=1S/C33H32N4O6/c1-7-18-14(2)22-11-26-20(13-38)16(4)21(35-26)10-23-15(3)19(8-9-27(39)42-6)30(36-23)29-31-28(32(40)43-33(29)41)17(5)24(37-31)12-25(18)34-22/h10-13,15,19,36-37H,7-9H2,1-6H3/t15-,19-/m0/s1. The van der Waals surface area contributed by atoms with Gasteiger partial charge in [0, 0.05) is 40.7 Å². The highest BCUT2D eigenvalue weighted by atomic mass is 16.6. The van der Waals surface area contributed by atoms with E-state index in [1.54, 1.807) is 0 Å². The second kappa shape index (κ2) is 10.4. The molecule has 2 aromatic rings. The van der Waals surface area contributed by atoms with Crippen LogP contribution in [0.4, 0.5) is 0 Å². The zero-order chi connectivity index (χ0) is 30.7. The van der Waals surface area contributed by atoms with Crippen molar-refractivity contribution in [3.8, 4) is 0 Å². The summed E-state index contributed by atoms with van der Waals surface area (Å²) < 4.78 is 10.2. The Labute approximate surface area is 247 Å². The fourth-order valence-electron chi connectivity index (χ4n) is 6.50. The van der Waals surface area contributed by atoms with Crippen molar-refractivity contribution in [3.05, 3.63) is 69.1 Å². The number of aldehydes is 1. The third-order valence-corrected chi connectivity index (χ3v) is 9.04. The summed E-state index contributed by atoms with van der Waals surface area (Å²) in [5.41, 5.74) is 9.22. The van der Waals surface area contributed by atoms with Gasteiger partial charge in [0.1, 0.15) is 5.56 Å². The van der Waals surface area contributed by atoms with Crippen molar-refractivity contribution in [1.29, 1.82) is 0 Å². The van der Waals surface area contributed by atoms with Gasteiger partial charge in [0.25, 0.3) is 0 Å². The summed E-state index contributed by atoms with van der Waals surface area (Å²) in [5.74, 6) is -2.33. The normalized spacial score (nSPS) is 18.6. The Balaban J connectivity index is 1.77. The van der Waals surface area contributed by atoms with Crippen LogP contribution in [0.25, 0.3) is 33.3 Å². The minimum absolute atomic E-state index is 0.132. The first-order chi connectivity index (χ1) is 20.6. The SMILES string of the molecule is CCC1=C(C)c2cc3nc(cc4[nH]c(c5c6[nH]c(cc1n2)c(C)c6C(=O)OC5=O)[C@@H](CCC(=O)OC)[C@@H]4C)C(C)=C3C=O. The van der Waals surface area contributed by atoms with Gasteiger partial charge in [0.15, 0.2) is 6.29 Å². The fourth-order valence-corrected chi connectivity index (χ4v) is 6.50. The Morgan fingerprint density at radius 1 is 0.977 bits per heavy atom. The van der Waals surface area contributed by atoms with Crippen LogP contribution in [0.2, 0.25) is 0 Å². The Kier molecular flexibility index (Phi) is 6.87. The molecule has 0 fully saturated rings. The number of allylic oxidation sites excluding steroid dienone is 4. The Hall–Kier alpha value is -4.86. The molecule has 0 saturated heterocycles. The highest BCUT2D eigenvalue weighted by molar-refractivity contribution is 6.19. The van der Waals surface area contributed by atoms with E-state index < -0.39 is 11.9 Å². The molecule has 6 rings (SSSR count). The Morgan fingerprint density at radius 3 is 2.37 bits per heavy atom. The van der Waals surface area contributed by atoms with E-state index in [0.29, 0.717) is 57.8 Å². The second-order valence-electron chi connectivity index (χ2n) is 11.3. The molecule has 6 heterocycles. The van der Waals surface area contributed by atoms with Crippen LogP contribution in [-0.2, 0) is 19.1 Å². The molecule has 2 N–H and O–H groups in total. The summed E-state index contributed by atoms with van der Waals surface area (Å²) in [6.45, 7) is 9.69. The van der Waals surface area contributed by atoms with Gasteiger partial charge in [-0.05, 0) is 74.1 Å². The number of hydrogen-bond donors (Lipinski definition) is 2. The average molecular weight is 581 g/mol. The third kappa shape index (κ3) is 4.40. The third-order valence-electron chi connectivity index (χ3n) is 9.04. The molecular weight excluding hydrogens is 548 g/mol. The van der Waals surface area contributed by atoms with E-state index in [1.165, 1.54) is 7.11 Å². The number of nitrogens with zero attached hydrogens (tertiary/aromatic N) is 2. The van der Waals surface area contributed by atoms with E-state index in [-0.39, 0.29) is 35.4 Å². The maximum atomic E-state index is 13.4. The zero-order valence-electron chi connectivity index (χ0n) is 24.9. The number of nitrogens with one attached hydrogen (secondary N) is 2. The molecule has 8 bridgehead atoms. The lowest BCUT2D eigenvalue weighted by Crippen LogP contribution is -2.21. The van der Waals surface area contributed by atoms with E-state index in [2.05, 4.69) is 9.97 Å². The van der Waals surface area contributed by atoms with Gasteiger partial charge < -0.3 is 19.4 Å². The summed E-state index contributed by atoms with van der Waals surface area (Å²) in [6, 6.07) is 5.60. The first kappa shape index (κ1) is 28.3. The number of ether oxygens (including phenoxy) is 2. The number of aryl methyl sites for hydroxylation is 1. The molecule has 0 spiro atoms. The first-order valence-corrected chi connectivity index (χ1v) is 14.3. The van der Waals surface area contributed by atoms with Crippen LogP contribution in [0, 0.1) is 6.92 Å². The molecule has 0 aromatic carbocycles. The number of aromatic amines is 2.